The fraction of sp³-hybridized carbons (Fsp3) is 0.333. The maximum Gasteiger partial charge on any atom is 0.338 e. The maximum absolute atomic E-state index is 12.5. The zero-order valence-electron chi connectivity index (χ0n) is 16.0. The third kappa shape index (κ3) is 4.73. The van der Waals surface area contributed by atoms with Crippen LogP contribution in [0.2, 0.25) is 0 Å². The van der Waals surface area contributed by atoms with E-state index in [4.69, 9.17) is 18.9 Å². The molecular formula is C21H23NO6. The second-order valence-electron chi connectivity index (χ2n) is 6.13. The molecule has 0 N–H and O–H groups in total. The minimum absolute atomic E-state index is 0.205. The second-order valence-corrected chi connectivity index (χ2v) is 6.13. The van der Waals surface area contributed by atoms with Gasteiger partial charge in [0.05, 0.1) is 12.2 Å². The van der Waals surface area contributed by atoms with Crippen LogP contribution in [0.4, 0.5) is 0 Å². The zero-order valence-corrected chi connectivity index (χ0v) is 16.0. The highest BCUT2D eigenvalue weighted by molar-refractivity contribution is 5.91. The molecule has 1 aliphatic heterocycles. The van der Waals surface area contributed by atoms with Crippen LogP contribution in [0.1, 0.15) is 29.8 Å². The van der Waals surface area contributed by atoms with Gasteiger partial charge >= 0.3 is 5.97 Å². The van der Waals surface area contributed by atoms with E-state index in [-0.39, 0.29) is 19.3 Å². The average molecular weight is 385 g/mol. The van der Waals surface area contributed by atoms with Crippen molar-refractivity contribution < 1.29 is 28.5 Å². The van der Waals surface area contributed by atoms with Crippen LogP contribution in [0.25, 0.3) is 0 Å². The molecule has 1 heterocycles. The number of esters is 1. The lowest BCUT2D eigenvalue weighted by Gasteiger charge is -2.21. The van der Waals surface area contributed by atoms with E-state index in [9.17, 15) is 9.59 Å². The molecular weight excluding hydrogens is 362 g/mol. The quantitative estimate of drug-likeness (QED) is 0.651. The molecule has 148 valence electrons. The fourth-order valence-electron chi connectivity index (χ4n) is 2.79. The molecule has 0 radical (unpaired) electrons. The number of fused-ring (bicyclic) bond motifs is 1. The first kappa shape index (κ1) is 19.5. The van der Waals surface area contributed by atoms with E-state index in [1.165, 1.54) is 0 Å². The van der Waals surface area contributed by atoms with Gasteiger partial charge in [-0.3, -0.25) is 4.79 Å². The SMILES string of the molecule is CCOc1ccc(C(=O)OCC(=O)N(CC)Cc2ccc3c(c2)OCO3)cc1. The Morgan fingerprint density at radius 1 is 1.04 bits per heavy atom. The Balaban J connectivity index is 1.54. The molecule has 0 bridgehead atoms. The van der Waals surface area contributed by atoms with Crippen molar-refractivity contribution in [1.29, 1.82) is 0 Å². The highest BCUT2D eigenvalue weighted by atomic mass is 16.7. The molecule has 2 aromatic rings. The number of nitrogens with zero attached hydrogens (tertiary/aromatic N) is 1. The Kier molecular flexibility index (Phi) is 6.37. The van der Waals surface area contributed by atoms with Gasteiger partial charge < -0.3 is 23.8 Å². The summed E-state index contributed by atoms with van der Waals surface area (Å²) < 4.78 is 21.2. The molecule has 0 saturated heterocycles. The van der Waals surface area contributed by atoms with Crippen LogP contribution in [0, 0.1) is 0 Å². The van der Waals surface area contributed by atoms with Gasteiger partial charge in [0.1, 0.15) is 5.75 Å². The molecule has 3 rings (SSSR count). The van der Waals surface area contributed by atoms with Crippen molar-refractivity contribution in [2.24, 2.45) is 0 Å². The van der Waals surface area contributed by atoms with Crippen molar-refractivity contribution in [2.75, 3.05) is 26.6 Å². The number of carbonyl (C=O) groups is 2. The highest BCUT2D eigenvalue weighted by Crippen LogP contribution is 2.32. The summed E-state index contributed by atoms with van der Waals surface area (Å²) in [5.41, 5.74) is 1.28. The topological polar surface area (TPSA) is 74.3 Å². The van der Waals surface area contributed by atoms with E-state index in [1.807, 2.05) is 32.0 Å². The van der Waals surface area contributed by atoms with Crippen LogP contribution in [-0.2, 0) is 16.1 Å². The second kappa shape index (κ2) is 9.12. The Hall–Kier alpha value is -3.22. The van der Waals surface area contributed by atoms with Crippen LogP contribution in [-0.4, -0.2) is 43.3 Å². The predicted octanol–water partition coefficient (Wildman–Crippen LogP) is 3.02. The van der Waals surface area contributed by atoms with Crippen molar-refractivity contribution in [3.05, 3.63) is 53.6 Å². The van der Waals surface area contributed by atoms with Crippen molar-refractivity contribution >= 4 is 11.9 Å². The zero-order chi connectivity index (χ0) is 19.9. The summed E-state index contributed by atoms with van der Waals surface area (Å²) in [5, 5.41) is 0. The van der Waals surface area contributed by atoms with Crippen LogP contribution >= 0.6 is 0 Å². The number of ether oxygens (including phenoxy) is 4. The van der Waals surface area contributed by atoms with Gasteiger partial charge in [-0.05, 0) is 55.8 Å². The lowest BCUT2D eigenvalue weighted by molar-refractivity contribution is -0.134. The van der Waals surface area contributed by atoms with Gasteiger partial charge in [0, 0.05) is 13.1 Å². The Bertz CT molecular complexity index is 833. The Labute approximate surface area is 163 Å². The molecule has 7 heteroatoms. The largest absolute Gasteiger partial charge is 0.494 e. The molecule has 0 saturated carbocycles. The minimum Gasteiger partial charge on any atom is -0.494 e. The van der Waals surface area contributed by atoms with Gasteiger partial charge in [-0.2, -0.15) is 0 Å². The first-order chi connectivity index (χ1) is 13.6. The van der Waals surface area contributed by atoms with Gasteiger partial charge in [-0.15, -0.1) is 0 Å². The molecule has 0 unspecified atom stereocenters. The summed E-state index contributed by atoms with van der Waals surface area (Å²) in [4.78, 5) is 26.2. The lowest BCUT2D eigenvalue weighted by Crippen LogP contribution is -2.34. The van der Waals surface area contributed by atoms with Crippen LogP contribution in [0.5, 0.6) is 17.2 Å². The van der Waals surface area contributed by atoms with E-state index in [0.717, 1.165) is 5.56 Å². The summed E-state index contributed by atoms with van der Waals surface area (Å²) in [6.07, 6.45) is 0. The van der Waals surface area contributed by atoms with Crippen LogP contribution in [0.15, 0.2) is 42.5 Å². The molecule has 0 atom stereocenters. The number of benzene rings is 2. The van der Waals surface area contributed by atoms with Crippen molar-refractivity contribution in [3.8, 4) is 17.2 Å². The molecule has 0 aliphatic carbocycles. The summed E-state index contributed by atoms with van der Waals surface area (Å²) in [6, 6.07) is 12.2. The monoisotopic (exact) mass is 385 g/mol. The number of hydrogen-bond acceptors (Lipinski definition) is 6. The standard InChI is InChI=1S/C21H23NO6/c1-3-22(12-15-5-10-18-19(11-15)28-14-27-18)20(23)13-26-21(24)16-6-8-17(9-7-16)25-4-2/h5-11H,3-4,12-14H2,1-2H3. The minimum atomic E-state index is -0.546. The van der Waals surface area contributed by atoms with Crippen molar-refractivity contribution in [3.63, 3.8) is 0 Å². The van der Waals surface area contributed by atoms with Crippen LogP contribution < -0.4 is 14.2 Å². The first-order valence-corrected chi connectivity index (χ1v) is 9.17. The maximum atomic E-state index is 12.5. The molecule has 0 spiro atoms. The van der Waals surface area contributed by atoms with Crippen LogP contribution in [0.3, 0.4) is 0 Å². The van der Waals surface area contributed by atoms with E-state index in [2.05, 4.69) is 0 Å². The third-order valence-electron chi connectivity index (χ3n) is 4.27. The fourth-order valence-corrected chi connectivity index (χ4v) is 2.79. The van der Waals surface area contributed by atoms with Gasteiger partial charge in [-0.25, -0.2) is 4.79 Å². The van der Waals surface area contributed by atoms with Crippen molar-refractivity contribution in [2.45, 2.75) is 20.4 Å². The normalized spacial score (nSPS) is 11.8. The molecule has 7 nitrogen and oxygen atoms in total. The molecule has 28 heavy (non-hydrogen) atoms. The molecule has 1 aliphatic rings. The molecule has 2 aromatic carbocycles. The molecule has 1 amide bonds. The Morgan fingerprint density at radius 2 is 1.79 bits per heavy atom. The number of carbonyl (C=O) groups excluding carboxylic acids is 2. The smallest absolute Gasteiger partial charge is 0.338 e. The van der Waals surface area contributed by atoms with E-state index >= 15 is 0 Å². The number of amides is 1. The van der Waals surface area contributed by atoms with Gasteiger partial charge in [-0.1, -0.05) is 6.07 Å². The van der Waals surface area contributed by atoms with Gasteiger partial charge in [0.2, 0.25) is 6.79 Å². The van der Waals surface area contributed by atoms with E-state index in [1.54, 1.807) is 29.2 Å². The first-order valence-electron chi connectivity index (χ1n) is 9.17. The summed E-state index contributed by atoms with van der Waals surface area (Å²) in [6.45, 7) is 5.09. The summed E-state index contributed by atoms with van der Waals surface area (Å²) >= 11 is 0. The Morgan fingerprint density at radius 3 is 2.50 bits per heavy atom. The van der Waals surface area contributed by atoms with E-state index < -0.39 is 5.97 Å². The average Bonchev–Trinajstić information content (AvgIpc) is 3.18. The molecule has 0 fully saturated rings. The summed E-state index contributed by atoms with van der Waals surface area (Å²) in [7, 11) is 0. The number of rotatable bonds is 8. The lowest BCUT2D eigenvalue weighted by atomic mass is 10.2. The van der Waals surface area contributed by atoms with Gasteiger partial charge in [0.25, 0.3) is 5.91 Å². The number of hydrogen-bond donors (Lipinski definition) is 0. The van der Waals surface area contributed by atoms with Crippen molar-refractivity contribution in [1.82, 2.24) is 4.90 Å². The number of likely N-dealkylation sites (N-methyl/N-ethyl adjacent to an activating group) is 1. The van der Waals surface area contributed by atoms with Gasteiger partial charge in [0.15, 0.2) is 18.1 Å². The third-order valence-corrected chi connectivity index (χ3v) is 4.27. The predicted molar refractivity (Wildman–Crippen MR) is 102 cm³/mol. The summed E-state index contributed by atoms with van der Waals surface area (Å²) in [5.74, 6) is 1.23. The van der Waals surface area contributed by atoms with E-state index in [0.29, 0.717) is 42.5 Å². The highest BCUT2D eigenvalue weighted by Gasteiger charge is 2.18. The molecule has 0 aromatic heterocycles.